The fourth-order valence-electron chi connectivity index (χ4n) is 1.74. The zero-order valence-electron chi connectivity index (χ0n) is 17.8. The van der Waals surface area contributed by atoms with Crippen LogP contribution in [0.15, 0.2) is 24.5 Å². The van der Waals surface area contributed by atoms with Crippen LogP contribution in [0.5, 0.6) is 0 Å². The monoisotopic (exact) mass is 506 g/mol. The predicted octanol–water partition coefficient (Wildman–Crippen LogP) is 4.72. The van der Waals surface area contributed by atoms with Crippen molar-refractivity contribution in [3.05, 3.63) is 63.1 Å². The third-order valence-electron chi connectivity index (χ3n) is 3.09. The van der Waals surface area contributed by atoms with Gasteiger partial charge in [0.25, 0.3) is 0 Å². The van der Waals surface area contributed by atoms with Gasteiger partial charge in [0.1, 0.15) is 27.5 Å². The molecule has 0 fully saturated rings. The summed E-state index contributed by atoms with van der Waals surface area (Å²) in [4.78, 5) is 31.3. The molecule has 2 rings (SSSR count). The van der Waals surface area contributed by atoms with E-state index in [-0.39, 0.29) is 28.9 Å². The summed E-state index contributed by atoms with van der Waals surface area (Å²) < 4.78 is 30.4. The molecule has 0 saturated heterocycles. The summed E-state index contributed by atoms with van der Waals surface area (Å²) in [5.41, 5.74) is 7.49. The van der Waals surface area contributed by atoms with Crippen LogP contribution >= 0.6 is 23.2 Å². The zero-order valence-corrected chi connectivity index (χ0v) is 20.3. The molecular formula is C19H22Cl2F2N4O4Si. The Labute approximate surface area is 194 Å². The minimum absolute atomic E-state index is 0.00180. The summed E-state index contributed by atoms with van der Waals surface area (Å²) in [6.45, 7) is 8.25. The average Bonchev–Trinajstić information content (AvgIpc) is 2.65. The van der Waals surface area contributed by atoms with E-state index in [9.17, 15) is 18.4 Å². The predicted molar refractivity (Wildman–Crippen MR) is 119 cm³/mol. The lowest BCUT2D eigenvalue weighted by Gasteiger charge is -2.04. The molecule has 0 aliphatic carbocycles. The van der Waals surface area contributed by atoms with E-state index in [0.29, 0.717) is 0 Å². The van der Waals surface area contributed by atoms with Gasteiger partial charge in [0.15, 0.2) is 8.07 Å². The number of ether oxygens (including phenoxy) is 1. The number of carbonyl (C=O) groups excluding carboxylic acids is 1. The van der Waals surface area contributed by atoms with Gasteiger partial charge in [0.2, 0.25) is 5.84 Å². The van der Waals surface area contributed by atoms with Gasteiger partial charge in [-0.15, -0.1) is 0 Å². The van der Waals surface area contributed by atoms with E-state index >= 15 is 0 Å². The van der Waals surface area contributed by atoms with Crippen LogP contribution in [0.1, 0.15) is 22.8 Å². The van der Waals surface area contributed by atoms with Crippen LogP contribution in [0.2, 0.25) is 29.9 Å². The average molecular weight is 507 g/mol. The number of aromatic carboxylic acids is 1. The third-order valence-corrected chi connectivity index (χ3v) is 4.59. The van der Waals surface area contributed by atoms with Crippen molar-refractivity contribution in [2.45, 2.75) is 33.0 Å². The van der Waals surface area contributed by atoms with Gasteiger partial charge in [-0.3, -0.25) is 4.79 Å². The largest absolute Gasteiger partial charge is 0.477 e. The highest BCUT2D eigenvalue weighted by Crippen LogP contribution is 2.17. The van der Waals surface area contributed by atoms with Crippen molar-refractivity contribution < 1.29 is 33.0 Å². The van der Waals surface area contributed by atoms with Gasteiger partial charge >= 0.3 is 11.9 Å². The summed E-state index contributed by atoms with van der Waals surface area (Å²) in [5.74, 6) is -1.72. The molecule has 174 valence electrons. The first-order valence-corrected chi connectivity index (χ1v) is 13.3. The number of carboxylic acids is 1. The lowest BCUT2D eigenvalue weighted by Crippen LogP contribution is -2.22. The summed E-state index contributed by atoms with van der Waals surface area (Å²) in [5, 5.41) is 8.04. The van der Waals surface area contributed by atoms with Gasteiger partial charge in [-0.1, -0.05) is 42.8 Å². The van der Waals surface area contributed by atoms with Gasteiger partial charge in [0.05, 0.1) is 13.0 Å². The summed E-state index contributed by atoms with van der Waals surface area (Å²) >= 11 is 10.9. The molecule has 13 heteroatoms. The fraction of sp³-hybridized carbons (Fsp3) is 0.316. The van der Waals surface area contributed by atoms with Crippen molar-refractivity contribution in [1.82, 2.24) is 9.97 Å². The molecule has 1 N–H and O–H groups in total. The fourth-order valence-corrected chi connectivity index (χ4v) is 2.52. The molecule has 2 aromatic rings. The molecule has 0 aliphatic rings. The minimum Gasteiger partial charge on any atom is -0.477 e. The molecule has 0 aliphatic heterocycles. The lowest BCUT2D eigenvalue weighted by atomic mass is 10.2. The SMILES string of the molecule is CCOC(=O)Cc1c(F)ccnc1Cl.C[Si](C)(C)C=[N+]=[N-].O=C(O)c1c(F)ccnc1Cl. The number of nitrogens with zero attached hydrogens (tertiary/aromatic N) is 4. The number of pyridine rings is 2. The normalized spacial score (nSPS) is 9.88. The van der Waals surface area contributed by atoms with E-state index in [1.165, 1.54) is 6.20 Å². The number of esters is 1. The van der Waals surface area contributed by atoms with E-state index in [4.69, 9.17) is 33.8 Å². The van der Waals surface area contributed by atoms with Crippen LogP contribution in [0.25, 0.3) is 5.53 Å². The van der Waals surface area contributed by atoms with E-state index in [1.807, 2.05) is 0 Å². The number of hydrogen-bond donors (Lipinski definition) is 1. The van der Waals surface area contributed by atoms with Crippen molar-refractivity contribution in [1.29, 1.82) is 0 Å². The second-order valence-electron chi connectivity index (χ2n) is 6.92. The molecule has 0 radical (unpaired) electrons. The number of aromatic nitrogens is 2. The summed E-state index contributed by atoms with van der Waals surface area (Å²) in [7, 11) is -1.20. The molecule has 0 atom stereocenters. The zero-order chi connectivity index (χ0) is 24.9. The Kier molecular flexibility index (Phi) is 13.1. The number of rotatable bonds is 5. The van der Waals surface area contributed by atoms with E-state index in [2.05, 4.69) is 39.1 Å². The highest BCUT2D eigenvalue weighted by molar-refractivity contribution is 6.98. The molecule has 0 spiro atoms. The van der Waals surface area contributed by atoms with Gasteiger partial charge in [-0.2, -0.15) is 4.79 Å². The lowest BCUT2D eigenvalue weighted by molar-refractivity contribution is -0.142. The molecular weight excluding hydrogens is 485 g/mol. The second-order valence-corrected chi connectivity index (χ2v) is 12.6. The number of carboxylic acid groups (broad SMARTS) is 1. The number of carbonyl (C=O) groups is 2. The third kappa shape index (κ3) is 11.6. The van der Waals surface area contributed by atoms with Crippen LogP contribution < -0.4 is 0 Å². The van der Waals surface area contributed by atoms with Crippen molar-refractivity contribution in [3.8, 4) is 0 Å². The number of hydrogen-bond acceptors (Lipinski definition) is 5. The Bertz CT molecular complexity index is 944. The van der Waals surface area contributed by atoms with Gasteiger partial charge in [0, 0.05) is 18.0 Å². The quantitative estimate of drug-likeness (QED) is 0.156. The minimum atomic E-state index is -1.42. The van der Waals surface area contributed by atoms with Crippen molar-refractivity contribution in [3.63, 3.8) is 0 Å². The Morgan fingerprint density at radius 3 is 2.03 bits per heavy atom. The molecule has 0 saturated carbocycles. The van der Waals surface area contributed by atoms with Crippen LogP contribution in [0, 0.1) is 11.6 Å². The Morgan fingerprint density at radius 1 is 1.16 bits per heavy atom. The molecule has 32 heavy (non-hydrogen) atoms. The standard InChI is InChI=1S/C9H9ClFNO2.C6H3ClFNO2.C4H10N2Si/c1-2-14-8(13)5-6-7(11)3-4-12-9(6)10;7-5-4(6(10)11)3(8)1-2-9-5;1-7(2,3)4-6-5/h3-4H,2,5H2,1H3;1-2H,(H,10,11);4H,1-3H3. The van der Waals surface area contributed by atoms with Crippen LogP contribution in [0.4, 0.5) is 8.78 Å². The van der Waals surface area contributed by atoms with E-state index in [1.54, 1.807) is 12.8 Å². The second kappa shape index (κ2) is 14.4. The first kappa shape index (κ1) is 29.3. The maximum atomic E-state index is 13.1. The molecule has 0 bridgehead atoms. The van der Waals surface area contributed by atoms with Gasteiger partial charge in [-0.25, -0.2) is 23.5 Å². The van der Waals surface area contributed by atoms with Crippen LogP contribution in [-0.2, 0) is 16.0 Å². The molecule has 8 nitrogen and oxygen atoms in total. The molecule has 2 aromatic heterocycles. The topological polar surface area (TPSA) is 126 Å². The van der Waals surface area contributed by atoms with Crippen LogP contribution in [0.3, 0.4) is 0 Å². The Morgan fingerprint density at radius 2 is 1.69 bits per heavy atom. The van der Waals surface area contributed by atoms with E-state index in [0.717, 1.165) is 18.3 Å². The molecule has 0 amide bonds. The smallest absolute Gasteiger partial charge is 0.341 e. The first-order chi connectivity index (χ1) is 14.8. The first-order valence-electron chi connectivity index (χ1n) is 9.00. The van der Waals surface area contributed by atoms with Crippen molar-refractivity contribution >= 4 is 49.1 Å². The molecule has 0 aromatic carbocycles. The van der Waals surface area contributed by atoms with Gasteiger partial charge in [-0.05, 0) is 19.1 Å². The maximum absolute atomic E-state index is 13.1. The highest BCUT2D eigenvalue weighted by atomic mass is 35.5. The summed E-state index contributed by atoms with van der Waals surface area (Å²) in [6, 6.07) is 2.09. The molecule has 0 unspecified atom stereocenters. The molecule has 2 heterocycles. The van der Waals surface area contributed by atoms with Crippen LogP contribution in [-0.4, -0.2) is 52.3 Å². The van der Waals surface area contributed by atoms with E-state index < -0.39 is 37.2 Å². The Hall–Kier alpha value is -2.72. The Balaban J connectivity index is 0.000000478. The van der Waals surface area contributed by atoms with Gasteiger partial charge < -0.3 is 15.4 Å². The maximum Gasteiger partial charge on any atom is 0.341 e. The number of halogens is 4. The summed E-state index contributed by atoms with van der Waals surface area (Å²) in [6.07, 6.45) is 2.16. The van der Waals surface area contributed by atoms with Crippen molar-refractivity contribution in [2.24, 2.45) is 0 Å². The van der Waals surface area contributed by atoms with Crippen molar-refractivity contribution in [2.75, 3.05) is 6.61 Å². The highest BCUT2D eigenvalue weighted by Gasteiger charge is 2.15.